The number of ether oxygens (including phenoxy) is 1. The number of halogens is 1. The number of aromatic nitrogens is 2. The van der Waals surface area contributed by atoms with Crippen LogP contribution in [0.2, 0.25) is 0 Å². The summed E-state index contributed by atoms with van der Waals surface area (Å²) in [5, 5.41) is 8.21. The second-order valence-corrected chi connectivity index (χ2v) is 7.88. The zero-order valence-corrected chi connectivity index (χ0v) is 17.4. The maximum atomic E-state index is 14.6. The highest BCUT2D eigenvalue weighted by atomic mass is 19.1. The normalized spacial score (nSPS) is 19.2. The average molecular weight is 409 g/mol. The van der Waals surface area contributed by atoms with E-state index in [2.05, 4.69) is 16.3 Å². The summed E-state index contributed by atoms with van der Waals surface area (Å²) < 4.78 is 22.1. The van der Waals surface area contributed by atoms with Crippen molar-refractivity contribution in [2.45, 2.75) is 24.8 Å². The quantitative estimate of drug-likeness (QED) is 0.615. The topological polar surface area (TPSA) is 42.3 Å². The van der Waals surface area contributed by atoms with Crippen LogP contribution in [0.5, 0.6) is 0 Å². The summed E-state index contributed by atoms with van der Waals surface area (Å²) in [6.45, 7) is 2.91. The third-order valence-electron chi connectivity index (χ3n) is 5.84. The fraction of sp³-hybridized carbons (Fsp3) is 0.375. The lowest BCUT2D eigenvalue weighted by atomic mass is 9.88. The molecule has 6 heteroatoms. The maximum Gasteiger partial charge on any atom is 0.146 e. The lowest BCUT2D eigenvalue weighted by Crippen LogP contribution is -2.64. The van der Waals surface area contributed by atoms with Crippen LogP contribution in [0.1, 0.15) is 18.5 Å². The Hall–Kier alpha value is -2.70. The molecule has 0 amide bonds. The minimum absolute atomic E-state index is 0.179. The van der Waals surface area contributed by atoms with Gasteiger partial charge in [0.1, 0.15) is 5.82 Å². The number of hydrogen-bond donors (Lipinski definition) is 1. The van der Waals surface area contributed by atoms with Gasteiger partial charge < -0.3 is 15.0 Å². The van der Waals surface area contributed by atoms with Crippen LogP contribution in [0.25, 0.3) is 5.69 Å². The molecule has 1 N–H and O–H groups in total. The molecule has 1 aromatic heterocycles. The number of anilines is 1. The van der Waals surface area contributed by atoms with Crippen molar-refractivity contribution in [2.24, 2.45) is 0 Å². The molecule has 0 aliphatic carbocycles. The Kier molecular flexibility index (Phi) is 6.45. The van der Waals surface area contributed by atoms with Crippen LogP contribution in [-0.2, 0) is 11.2 Å². The molecule has 0 radical (unpaired) electrons. The molecule has 1 aliphatic rings. The van der Waals surface area contributed by atoms with Crippen molar-refractivity contribution in [1.82, 2.24) is 15.1 Å². The largest absolute Gasteiger partial charge is 0.382 e. The molecule has 2 heterocycles. The molecule has 1 atom stereocenters. The molecule has 5 nitrogen and oxygen atoms in total. The van der Waals surface area contributed by atoms with Crippen LogP contribution >= 0.6 is 0 Å². The van der Waals surface area contributed by atoms with Gasteiger partial charge in [-0.05, 0) is 49.6 Å². The average Bonchev–Trinajstić information content (AvgIpc) is 3.25. The van der Waals surface area contributed by atoms with E-state index in [0.29, 0.717) is 12.3 Å². The van der Waals surface area contributed by atoms with Gasteiger partial charge in [-0.25, -0.2) is 9.07 Å². The monoisotopic (exact) mass is 408 g/mol. The van der Waals surface area contributed by atoms with E-state index in [1.807, 2.05) is 53.3 Å². The summed E-state index contributed by atoms with van der Waals surface area (Å²) in [5.74, 6) is -0.179. The minimum Gasteiger partial charge on any atom is -0.382 e. The summed E-state index contributed by atoms with van der Waals surface area (Å²) >= 11 is 0. The van der Waals surface area contributed by atoms with E-state index in [-0.39, 0.29) is 11.4 Å². The Morgan fingerprint density at radius 3 is 2.70 bits per heavy atom. The molecule has 30 heavy (non-hydrogen) atoms. The summed E-state index contributed by atoms with van der Waals surface area (Å²) in [6.07, 6.45) is 4.71. The summed E-state index contributed by atoms with van der Waals surface area (Å²) in [4.78, 5) is 2.20. The van der Waals surface area contributed by atoms with Gasteiger partial charge in [-0.1, -0.05) is 30.3 Å². The highest BCUT2D eigenvalue weighted by Gasteiger charge is 2.39. The Bertz CT molecular complexity index is 941. The lowest BCUT2D eigenvalue weighted by Gasteiger charge is -2.49. The first-order chi connectivity index (χ1) is 14.7. The van der Waals surface area contributed by atoms with Gasteiger partial charge in [0, 0.05) is 32.9 Å². The molecule has 0 bridgehead atoms. The number of piperazine rings is 1. The predicted molar refractivity (Wildman–Crippen MR) is 118 cm³/mol. The molecule has 1 aliphatic heterocycles. The second kappa shape index (κ2) is 9.41. The van der Waals surface area contributed by atoms with E-state index in [1.54, 1.807) is 13.2 Å². The van der Waals surface area contributed by atoms with Gasteiger partial charge in [-0.15, -0.1) is 0 Å². The number of para-hydroxylation sites is 2. The summed E-state index contributed by atoms with van der Waals surface area (Å²) in [7, 11) is 1.72. The molecule has 4 rings (SSSR count). The molecule has 158 valence electrons. The van der Waals surface area contributed by atoms with Crippen molar-refractivity contribution >= 4 is 5.69 Å². The zero-order valence-electron chi connectivity index (χ0n) is 17.4. The summed E-state index contributed by atoms with van der Waals surface area (Å²) in [6, 6.07) is 19.2. The van der Waals surface area contributed by atoms with Crippen LogP contribution in [0.4, 0.5) is 10.1 Å². The fourth-order valence-corrected chi connectivity index (χ4v) is 4.40. The molecule has 1 unspecified atom stereocenters. The van der Waals surface area contributed by atoms with Crippen molar-refractivity contribution in [2.75, 3.05) is 38.3 Å². The van der Waals surface area contributed by atoms with E-state index in [4.69, 9.17) is 9.84 Å². The number of hydrogen-bond acceptors (Lipinski definition) is 4. The highest BCUT2D eigenvalue weighted by molar-refractivity contribution is 5.51. The first-order valence-electron chi connectivity index (χ1n) is 10.5. The molecule has 0 spiro atoms. The van der Waals surface area contributed by atoms with E-state index in [0.717, 1.165) is 50.3 Å². The van der Waals surface area contributed by atoms with Crippen molar-refractivity contribution in [1.29, 1.82) is 0 Å². The van der Waals surface area contributed by atoms with Gasteiger partial charge in [-0.2, -0.15) is 5.10 Å². The van der Waals surface area contributed by atoms with Crippen LogP contribution in [-0.4, -0.2) is 48.7 Å². The lowest BCUT2D eigenvalue weighted by molar-refractivity contribution is 0.110. The Labute approximate surface area is 177 Å². The SMILES string of the molecule is COCC1(CCCc2ccn(-c3ccccc3)n2)CNCCN1c1ccccc1F. The van der Waals surface area contributed by atoms with Gasteiger partial charge in [0.05, 0.1) is 29.2 Å². The van der Waals surface area contributed by atoms with Crippen molar-refractivity contribution in [3.63, 3.8) is 0 Å². The molecular weight excluding hydrogens is 379 g/mol. The number of nitrogens with one attached hydrogen (secondary N) is 1. The molecule has 1 saturated heterocycles. The van der Waals surface area contributed by atoms with Gasteiger partial charge in [0.25, 0.3) is 0 Å². The van der Waals surface area contributed by atoms with Crippen LogP contribution in [0.15, 0.2) is 66.9 Å². The van der Waals surface area contributed by atoms with Crippen LogP contribution < -0.4 is 10.2 Å². The molecule has 0 saturated carbocycles. The molecule has 1 fully saturated rings. The number of benzene rings is 2. The van der Waals surface area contributed by atoms with Crippen molar-refractivity contribution in [3.8, 4) is 5.69 Å². The highest BCUT2D eigenvalue weighted by Crippen LogP contribution is 2.32. The molecule has 2 aromatic carbocycles. The van der Waals surface area contributed by atoms with Gasteiger partial charge in [0.2, 0.25) is 0 Å². The summed E-state index contributed by atoms with van der Waals surface area (Å²) in [5.41, 5.74) is 2.50. The second-order valence-electron chi connectivity index (χ2n) is 7.88. The Morgan fingerprint density at radius 1 is 1.10 bits per heavy atom. The third-order valence-corrected chi connectivity index (χ3v) is 5.84. The molecular formula is C24H29FN4O. The Morgan fingerprint density at radius 2 is 1.90 bits per heavy atom. The zero-order chi connectivity index (χ0) is 20.8. The Balaban J connectivity index is 1.47. The van der Waals surface area contributed by atoms with Gasteiger partial charge in [-0.3, -0.25) is 0 Å². The molecule has 3 aromatic rings. The number of rotatable bonds is 8. The number of nitrogens with zero attached hydrogens (tertiary/aromatic N) is 3. The minimum atomic E-state index is -0.281. The van der Waals surface area contributed by atoms with E-state index < -0.39 is 0 Å². The van der Waals surface area contributed by atoms with Crippen molar-refractivity contribution < 1.29 is 9.13 Å². The number of methoxy groups -OCH3 is 1. The number of aryl methyl sites for hydroxylation is 1. The third kappa shape index (κ3) is 4.40. The van der Waals surface area contributed by atoms with Gasteiger partial charge >= 0.3 is 0 Å². The maximum absolute atomic E-state index is 14.6. The standard InChI is InChI=1S/C24H29FN4O/c1-30-19-24(18-26-15-17-28(24)23-12-6-5-11-22(23)25)14-7-8-20-13-16-29(27-20)21-9-3-2-4-10-21/h2-6,9-13,16,26H,7-8,14-15,17-19H2,1H3. The predicted octanol–water partition coefficient (Wildman–Crippen LogP) is 3.83. The first-order valence-corrected chi connectivity index (χ1v) is 10.5. The van der Waals surface area contributed by atoms with E-state index >= 15 is 0 Å². The van der Waals surface area contributed by atoms with E-state index in [9.17, 15) is 4.39 Å². The van der Waals surface area contributed by atoms with E-state index in [1.165, 1.54) is 6.07 Å². The van der Waals surface area contributed by atoms with Crippen LogP contribution in [0.3, 0.4) is 0 Å². The smallest absolute Gasteiger partial charge is 0.146 e. The van der Waals surface area contributed by atoms with Crippen molar-refractivity contribution in [3.05, 3.63) is 78.4 Å². The fourth-order valence-electron chi connectivity index (χ4n) is 4.40. The van der Waals surface area contributed by atoms with Crippen LogP contribution in [0, 0.1) is 5.82 Å². The van der Waals surface area contributed by atoms with Gasteiger partial charge in [0.15, 0.2) is 0 Å². The first kappa shape index (κ1) is 20.6.